The first-order chi connectivity index (χ1) is 9.98. The van der Waals surface area contributed by atoms with Crippen molar-refractivity contribution in [2.24, 2.45) is 0 Å². The fraction of sp³-hybridized carbons (Fsp3) is 0.214. The summed E-state index contributed by atoms with van der Waals surface area (Å²) in [6.07, 6.45) is 0.660. The minimum Gasteiger partial charge on any atom is -0.215 e. The van der Waals surface area contributed by atoms with Crippen molar-refractivity contribution in [2.75, 3.05) is 6.54 Å². The molecule has 0 aliphatic heterocycles. The number of hydrogen-bond acceptors (Lipinski definition) is 4. The molecule has 1 aromatic carbocycles. The van der Waals surface area contributed by atoms with Crippen LogP contribution in [-0.4, -0.2) is 15.0 Å². The van der Waals surface area contributed by atoms with Crippen molar-refractivity contribution < 1.29 is 8.42 Å². The van der Waals surface area contributed by atoms with Crippen LogP contribution >= 0.6 is 27.3 Å². The van der Waals surface area contributed by atoms with Crippen molar-refractivity contribution in [2.45, 2.75) is 12.2 Å². The molecule has 0 radical (unpaired) electrons. The average molecular weight is 385 g/mol. The zero-order valence-electron chi connectivity index (χ0n) is 11.0. The molecule has 0 saturated carbocycles. The van der Waals surface area contributed by atoms with Crippen molar-refractivity contribution in [3.05, 3.63) is 56.2 Å². The lowest BCUT2D eigenvalue weighted by Gasteiger charge is -2.06. The number of nitrogens with one attached hydrogen (secondary N) is 1. The Morgan fingerprint density at radius 3 is 2.76 bits per heavy atom. The summed E-state index contributed by atoms with van der Waals surface area (Å²) in [4.78, 5) is 1.12. The van der Waals surface area contributed by atoms with E-state index in [4.69, 9.17) is 5.26 Å². The fourth-order valence-electron chi connectivity index (χ4n) is 1.82. The summed E-state index contributed by atoms with van der Waals surface area (Å²) in [7, 11) is -3.39. The molecule has 1 heterocycles. The quantitative estimate of drug-likeness (QED) is 0.831. The molecule has 0 aliphatic rings. The SMILES string of the molecule is N#Cc1cccc(CS(=O)(=O)NCCc2ccc(Br)s2)c1. The van der Waals surface area contributed by atoms with E-state index in [1.54, 1.807) is 35.6 Å². The van der Waals surface area contributed by atoms with E-state index in [0.29, 0.717) is 24.1 Å². The van der Waals surface area contributed by atoms with Crippen LogP contribution in [0.25, 0.3) is 0 Å². The smallest absolute Gasteiger partial charge is 0.215 e. The van der Waals surface area contributed by atoms with Crippen molar-refractivity contribution in [1.82, 2.24) is 4.72 Å². The highest BCUT2D eigenvalue weighted by molar-refractivity contribution is 9.11. The molecule has 0 saturated heterocycles. The van der Waals surface area contributed by atoms with Crippen LogP contribution in [0.1, 0.15) is 16.0 Å². The minimum atomic E-state index is -3.39. The molecule has 7 heteroatoms. The van der Waals surface area contributed by atoms with Gasteiger partial charge in [-0.3, -0.25) is 0 Å². The Labute approximate surface area is 136 Å². The molecule has 110 valence electrons. The Hall–Kier alpha value is -1.20. The van der Waals surface area contributed by atoms with E-state index in [2.05, 4.69) is 20.7 Å². The number of benzene rings is 1. The van der Waals surface area contributed by atoms with Gasteiger partial charge in [0.1, 0.15) is 0 Å². The number of nitrogens with zero attached hydrogens (tertiary/aromatic N) is 1. The molecule has 0 spiro atoms. The lowest BCUT2D eigenvalue weighted by atomic mass is 10.2. The van der Waals surface area contributed by atoms with Crippen molar-refractivity contribution in [3.63, 3.8) is 0 Å². The standard InChI is InChI=1S/C14H13BrN2O2S2/c15-14-5-4-13(20-14)6-7-17-21(18,19)10-12-3-1-2-11(8-12)9-16/h1-5,8,17H,6-7,10H2. The highest BCUT2D eigenvalue weighted by Gasteiger charge is 2.11. The molecule has 0 unspecified atom stereocenters. The molecule has 21 heavy (non-hydrogen) atoms. The fourth-order valence-corrected chi connectivity index (χ4v) is 4.43. The van der Waals surface area contributed by atoms with E-state index in [-0.39, 0.29) is 5.75 Å². The van der Waals surface area contributed by atoms with Gasteiger partial charge < -0.3 is 0 Å². The molecule has 0 amide bonds. The zero-order chi connectivity index (χ0) is 15.3. The van der Waals surface area contributed by atoms with Gasteiger partial charge in [0, 0.05) is 11.4 Å². The van der Waals surface area contributed by atoms with Crippen LogP contribution in [0.4, 0.5) is 0 Å². The first kappa shape index (κ1) is 16.2. The number of sulfonamides is 1. The van der Waals surface area contributed by atoms with Crippen molar-refractivity contribution in [3.8, 4) is 6.07 Å². The van der Waals surface area contributed by atoms with E-state index < -0.39 is 10.0 Å². The number of nitriles is 1. The molecule has 0 fully saturated rings. The topological polar surface area (TPSA) is 70.0 Å². The Morgan fingerprint density at radius 2 is 2.10 bits per heavy atom. The Morgan fingerprint density at radius 1 is 1.29 bits per heavy atom. The Kier molecular flexibility index (Phi) is 5.53. The van der Waals surface area contributed by atoms with Crippen molar-refractivity contribution >= 4 is 37.3 Å². The van der Waals surface area contributed by atoms with Crippen LogP contribution < -0.4 is 4.72 Å². The first-order valence-electron chi connectivity index (χ1n) is 6.19. The monoisotopic (exact) mass is 384 g/mol. The molecule has 1 aromatic heterocycles. The molecule has 2 aromatic rings. The third-order valence-electron chi connectivity index (χ3n) is 2.74. The summed E-state index contributed by atoms with van der Waals surface area (Å²) in [6, 6.07) is 12.6. The highest BCUT2D eigenvalue weighted by Crippen LogP contribution is 2.22. The summed E-state index contributed by atoms with van der Waals surface area (Å²) in [6.45, 7) is 0.368. The molecule has 0 aliphatic carbocycles. The number of halogens is 1. The van der Waals surface area contributed by atoms with Crippen LogP contribution in [0.5, 0.6) is 0 Å². The maximum Gasteiger partial charge on any atom is 0.215 e. The Bertz CT molecular complexity index is 763. The van der Waals surface area contributed by atoms with Gasteiger partial charge in [0.25, 0.3) is 0 Å². The van der Waals surface area contributed by atoms with Gasteiger partial charge in [0.15, 0.2) is 0 Å². The van der Waals surface area contributed by atoms with Gasteiger partial charge in [-0.05, 0) is 52.2 Å². The second-order valence-corrected chi connectivity index (χ2v) is 8.78. The largest absolute Gasteiger partial charge is 0.215 e. The van der Waals surface area contributed by atoms with Crippen molar-refractivity contribution in [1.29, 1.82) is 5.26 Å². The summed E-state index contributed by atoms with van der Waals surface area (Å²) in [5, 5.41) is 8.81. The van der Waals surface area contributed by atoms with Crippen LogP contribution in [0, 0.1) is 11.3 Å². The van der Waals surface area contributed by atoms with Gasteiger partial charge in [-0.25, -0.2) is 13.1 Å². The molecular weight excluding hydrogens is 372 g/mol. The number of rotatable bonds is 6. The summed E-state index contributed by atoms with van der Waals surface area (Å²) < 4.78 is 27.6. The minimum absolute atomic E-state index is 0.114. The van der Waals surface area contributed by atoms with Gasteiger partial charge >= 0.3 is 0 Å². The average Bonchev–Trinajstić information content (AvgIpc) is 2.84. The molecule has 0 atom stereocenters. The molecule has 1 N–H and O–H groups in total. The lowest BCUT2D eigenvalue weighted by molar-refractivity contribution is 0.581. The zero-order valence-corrected chi connectivity index (χ0v) is 14.3. The third-order valence-corrected chi connectivity index (χ3v) is 5.78. The van der Waals surface area contributed by atoms with Gasteiger partial charge in [-0.1, -0.05) is 12.1 Å². The van der Waals surface area contributed by atoms with Crippen LogP contribution in [0.15, 0.2) is 40.2 Å². The van der Waals surface area contributed by atoms with E-state index in [0.717, 1.165) is 8.66 Å². The van der Waals surface area contributed by atoms with E-state index in [1.807, 2.05) is 18.2 Å². The molecule has 4 nitrogen and oxygen atoms in total. The van der Waals surface area contributed by atoms with Crippen LogP contribution in [0.2, 0.25) is 0 Å². The van der Waals surface area contributed by atoms with E-state index in [1.165, 1.54) is 0 Å². The first-order valence-corrected chi connectivity index (χ1v) is 9.45. The third kappa shape index (κ3) is 5.25. The van der Waals surface area contributed by atoms with E-state index in [9.17, 15) is 8.42 Å². The molecule has 2 rings (SSSR count). The number of hydrogen-bond donors (Lipinski definition) is 1. The van der Waals surface area contributed by atoms with E-state index >= 15 is 0 Å². The predicted molar refractivity (Wildman–Crippen MR) is 87.5 cm³/mol. The summed E-state index contributed by atoms with van der Waals surface area (Å²) >= 11 is 4.97. The summed E-state index contributed by atoms with van der Waals surface area (Å²) in [5.41, 5.74) is 1.08. The number of thiophene rings is 1. The summed E-state index contributed by atoms with van der Waals surface area (Å²) in [5.74, 6) is -0.114. The van der Waals surface area contributed by atoms with Gasteiger partial charge in [-0.15, -0.1) is 11.3 Å². The molecular formula is C14H13BrN2O2S2. The van der Waals surface area contributed by atoms with Crippen LogP contribution in [0.3, 0.4) is 0 Å². The van der Waals surface area contributed by atoms with Gasteiger partial charge in [-0.2, -0.15) is 5.26 Å². The maximum atomic E-state index is 12.0. The highest BCUT2D eigenvalue weighted by atomic mass is 79.9. The predicted octanol–water partition coefficient (Wildman–Crippen LogP) is 3.04. The van der Waals surface area contributed by atoms with Gasteiger partial charge in [0.2, 0.25) is 10.0 Å². The Balaban J connectivity index is 1.91. The second-order valence-electron chi connectivity index (χ2n) is 4.42. The molecule has 0 bridgehead atoms. The van der Waals surface area contributed by atoms with Gasteiger partial charge in [0.05, 0.1) is 21.2 Å². The maximum absolute atomic E-state index is 12.0. The normalized spacial score (nSPS) is 11.2. The second kappa shape index (κ2) is 7.18. The lowest BCUT2D eigenvalue weighted by Crippen LogP contribution is -2.27. The van der Waals surface area contributed by atoms with Crippen LogP contribution in [-0.2, 0) is 22.2 Å².